The number of rotatable bonds is 6. The highest BCUT2D eigenvalue weighted by Gasteiger charge is 2.38. The first-order valence-corrected chi connectivity index (χ1v) is 14.1. The summed E-state index contributed by atoms with van der Waals surface area (Å²) in [5.41, 5.74) is 0.363. The van der Waals surface area contributed by atoms with Crippen molar-refractivity contribution in [3.63, 3.8) is 0 Å². The Morgan fingerprint density at radius 1 is 1.06 bits per heavy atom. The summed E-state index contributed by atoms with van der Waals surface area (Å²) in [5.74, 6) is 0.121. The van der Waals surface area contributed by atoms with E-state index in [1.165, 1.54) is 11.3 Å². The third-order valence-electron chi connectivity index (χ3n) is 7.41. The van der Waals surface area contributed by atoms with E-state index in [0.717, 1.165) is 56.2 Å². The number of aromatic nitrogens is 2. The monoisotopic (exact) mass is 533 g/mol. The molecule has 0 aliphatic heterocycles. The van der Waals surface area contributed by atoms with Crippen LogP contribution >= 0.6 is 22.9 Å². The third-order valence-corrected chi connectivity index (χ3v) is 9.15. The Morgan fingerprint density at radius 3 is 2.28 bits per heavy atom. The number of amides is 1. The molecule has 2 saturated carbocycles. The fourth-order valence-corrected chi connectivity index (χ4v) is 6.39. The maximum Gasteiger partial charge on any atom is 0.348 e. The van der Waals surface area contributed by atoms with Gasteiger partial charge in [-0.15, -0.1) is 21.5 Å². The van der Waals surface area contributed by atoms with Gasteiger partial charge in [-0.3, -0.25) is 4.79 Å². The highest BCUT2D eigenvalue weighted by molar-refractivity contribution is 7.14. The summed E-state index contributed by atoms with van der Waals surface area (Å²) < 4.78 is 6.02. The Hall–Kier alpha value is -2.19. The number of carbonyl (C=O) groups is 2. The van der Waals surface area contributed by atoms with Gasteiger partial charge in [-0.2, -0.15) is 0 Å². The standard InChI is InChI=1S/C27H36ClN3O4S/c1-16-5-7-17(8-6-16)25(32)31(20-15-21(27(2,3)4)36-24(20)26(33)34)18-9-11-19(12-10-18)35-23-14-13-22(28)29-30-23/h13-19H,5-12H2,1-4H3,(H,33,34)/t16-,17-,18-,19-. The number of ether oxygens (including phenoxy) is 1. The normalized spacial score (nSPS) is 24.8. The SMILES string of the molecule is CC(C)(C)c1cc(N(C(=O)[C@H]2CC[C@H](C)CC2)[C@H]2CC[C@H](Oc3ccc(Cl)nn3)CC2)c(C(=O)O)s1. The molecule has 0 spiro atoms. The van der Waals surface area contributed by atoms with Crippen LogP contribution in [0.15, 0.2) is 18.2 Å². The average molecular weight is 534 g/mol. The van der Waals surface area contributed by atoms with Crippen LogP contribution in [0.4, 0.5) is 5.69 Å². The number of aromatic carboxylic acids is 1. The Kier molecular flexibility index (Phi) is 8.25. The smallest absolute Gasteiger partial charge is 0.348 e. The fourth-order valence-electron chi connectivity index (χ4n) is 5.24. The summed E-state index contributed by atoms with van der Waals surface area (Å²) in [4.78, 5) is 29.4. The van der Waals surface area contributed by atoms with E-state index in [1.54, 1.807) is 12.1 Å². The highest BCUT2D eigenvalue weighted by atomic mass is 35.5. The molecule has 0 saturated heterocycles. The molecule has 9 heteroatoms. The zero-order chi connectivity index (χ0) is 26.0. The molecule has 0 unspecified atom stereocenters. The van der Waals surface area contributed by atoms with Crippen molar-refractivity contribution < 1.29 is 19.4 Å². The van der Waals surface area contributed by atoms with Gasteiger partial charge in [0.2, 0.25) is 11.8 Å². The van der Waals surface area contributed by atoms with Gasteiger partial charge in [0.05, 0.1) is 5.69 Å². The van der Waals surface area contributed by atoms with E-state index < -0.39 is 5.97 Å². The van der Waals surface area contributed by atoms with E-state index in [1.807, 2.05) is 11.0 Å². The number of anilines is 1. The van der Waals surface area contributed by atoms with Crippen molar-refractivity contribution in [3.05, 3.63) is 33.1 Å². The predicted molar refractivity (Wildman–Crippen MR) is 142 cm³/mol. The minimum absolute atomic E-state index is 0.0317. The van der Waals surface area contributed by atoms with Crippen LogP contribution in [0.1, 0.15) is 93.6 Å². The maximum absolute atomic E-state index is 14.0. The minimum Gasteiger partial charge on any atom is -0.477 e. The van der Waals surface area contributed by atoms with E-state index in [4.69, 9.17) is 16.3 Å². The average Bonchev–Trinajstić information content (AvgIpc) is 3.28. The number of nitrogens with zero attached hydrogens (tertiary/aromatic N) is 3. The lowest BCUT2D eigenvalue weighted by atomic mass is 9.81. The Labute approximate surface area is 222 Å². The summed E-state index contributed by atoms with van der Waals surface area (Å²) in [7, 11) is 0. The molecule has 0 bridgehead atoms. The van der Waals surface area contributed by atoms with E-state index in [-0.39, 0.29) is 34.3 Å². The van der Waals surface area contributed by atoms with Crippen LogP contribution in [0.25, 0.3) is 0 Å². The van der Waals surface area contributed by atoms with Gasteiger partial charge >= 0.3 is 5.97 Å². The molecule has 2 heterocycles. The van der Waals surface area contributed by atoms with Gasteiger partial charge in [0.25, 0.3) is 0 Å². The van der Waals surface area contributed by atoms with E-state index in [2.05, 4.69) is 37.9 Å². The molecule has 2 aromatic rings. The van der Waals surface area contributed by atoms with Gasteiger partial charge in [0, 0.05) is 22.9 Å². The second-order valence-corrected chi connectivity index (χ2v) is 12.7. The summed E-state index contributed by atoms with van der Waals surface area (Å²) in [6.45, 7) is 8.46. The van der Waals surface area contributed by atoms with Crippen molar-refractivity contribution in [1.82, 2.24) is 10.2 Å². The second kappa shape index (κ2) is 11.1. The Bertz CT molecular complexity index is 1070. The molecule has 0 aromatic carbocycles. The zero-order valence-electron chi connectivity index (χ0n) is 21.5. The van der Waals surface area contributed by atoms with Crippen LogP contribution in [-0.4, -0.2) is 39.3 Å². The van der Waals surface area contributed by atoms with Crippen LogP contribution in [0.3, 0.4) is 0 Å². The molecule has 2 aliphatic rings. The Morgan fingerprint density at radius 2 is 1.72 bits per heavy atom. The molecule has 196 valence electrons. The quantitative estimate of drug-likeness (QED) is 0.442. The first kappa shape index (κ1) is 26.9. The molecule has 1 amide bonds. The molecular formula is C27H36ClN3O4S. The van der Waals surface area contributed by atoms with Gasteiger partial charge in [-0.05, 0) is 74.8 Å². The summed E-state index contributed by atoms with van der Waals surface area (Å²) in [6.07, 6.45) is 6.74. The number of carboxylic acid groups (broad SMARTS) is 1. The lowest BCUT2D eigenvalue weighted by molar-refractivity contribution is -0.124. The zero-order valence-corrected chi connectivity index (χ0v) is 23.1. The number of hydrogen-bond acceptors (Lipinski definition) is 6. The summed E-state index contributed by atoms with van der Waals surface area (Å²) in [6, 6.07) is 5.24. The summed E-state index contributed by atoms with van der Waals surface area (Å²) in [5, 5.41) is 18.2. The molecule has 7 nitrogen and oxygen atoms in total. The highest BCUT2D eigenvalue weighted by Crippen LogP contribution is 2.42. The molecule has 2 aliphatic carbocycles. The van der Waals surface area contributed by atoms with Crippen molar-refractivity contribution in [3.8, 4) is 5.88 Å². The van der Waals surface area contributed by atoms with Crippen LogP contribution in [0.5, 0.6) is 5.88 Å². The third kappa shape index (κ3) is 6.20. The Balaban J connectivity index is 1.59. The lowest BCUT2D eigenvalue weighted by Gasteiger charge is -2.39. The predicted octanol–water partition coefficient (Wildman–Crippen LogP) is 6.74. The van der Waals surface area contributed by atoms with Crippen molar-refractivity contribution in [2.45, 2.75) is 96.6 Å². The number of thiophene rings is 1. The first-order chi connectivity index (χ1) is 17.0. The molecule has 0 atom stereocenters. The van der Waals surface area contributed by atoms with Gasteiger partial charge < -0.3 is 14.7 Å². The van der Waals surface area contributed by atoms with E-state index in [9.17, 15) is 14.7 Å². The number of carboxylic acids is 1. The van der Waals surface area contributed by atoms with Crippen molar-refractivity contribution in [2.75, 3.05) is 4.90 Å². The van der Waals surface area contributed by atoms with Crippen LogP contribution in [0, 0.1) is 11.8 Å². The second-order valence-electron chi connectivity index (χ2n) is 11.3. The molecule has 36 heavy (non-hydrogen) atoms. The molecule has 0 radical (unpaired) electrons. The van der Waals surface area contributed by atoms with Gasteiger partial charge in [0.1, 0.15) is 11.0 Å². The number of carbonyl (C=O) groups excluding carboxylic acids is 1. The number of hydrogen-bond donors (Lipinski definition) is 1. The topological polar surface area (TPSA) is 92.6 Å². The molecule has 2 aromatic heterocycles. The first-order valence-electron chi connectivity index (χ1n) is 12.9. The van der Waals surface area contributed by atoms with Crippen molar-refractivity contribution in [2.24, 2.45) is 11.8 Å². The van der Waals surface area contributed by atoms with Crippen molar-refractivity contribution >= 4 is 40.5 Å². The van der Waals surface area contributed by atoms with Crippen LogP contribution in [0.2, 0.25) is 5.15 Å². The largest absolute Gasteiger partial charge is 0.477 e. The molecule has 2 fully saturated rings. The minimum atomic E-state index is -0.973. The van der Waals surface area contributed by atoms with Crippen LogP contribution in [-0.2, 0) is 10.2 Å². The molecule has 4 rings (SSSR count). The lowest BCUT2D eigenvalue weighted by Crippen LogP contribution is -2.47. The molecular weight excluding hydrogens is 498 g/mol. The van der Waals surface area contributed by atoms with Crippen molar-refractivity contribution in [1.29, 1.82) is 0 Å². The maximum atomic E-state index is 14.0. The summed E-state index contributed by atoms with van der Waals surface area (Å²) >= 11 is 7.12. The van der Waals surface area contributed by atoms with E-state index in [0.29, 0.717) is 22.6 Å². The van der Waals surface area contributed by atoms with Crippen LogP contribution < -0.4 is 9.64 Å². The van der Waals surface area contributed by atoms with Gasteiger partial charge in [-0.1, -0.05) is 39.3 Å². The molecule has 1 N–H and O–H groups in total. The number of halogens is 1. The fraction of sp³-hybridized carbons (Fsp3) is 0.630. The van der Waals surface area contributed by atoms with Gasteiger partial charge in [-0.25, -0.2) is 4.79 Å². The van der Waals surface area contributed by atoms with E-state index >= 15 is 0 Å². The van der Waals surface area contributed by atoms with Gasteiger partial charge in [0.15, 0.2) is 5.15 Å².